The quantitative estimate of drug-likeness (QED) is 0.627. The second-order valence-electron chi connectivity index (χ2n) is 4.06. The summed E-state index contributed by atoms with van der Waals surface area (Å²) in [7, 11) is 1.66. The molecule has 1 aromatic rings. The fraction of sp³-hybridized carbons (Fsp3) is 0.667. The third-order valence-corrected chi connectivity index (χ3v) is 2.70. The predicted octanol–water partition coefficient (Wildman–Crippen LogP) is -0.275. The van der Waals surface area contributed by atoms with E-state index in [1.165, 1.54) is 0 Å². The SMILES string of the molecule is CCc1cn(CCCNCCOC)c(=O)[nH]c1=O. The van der Waals surface area contributed by atoms with Gasteiger partial charge in [0, 0.05) is 32.0 Å². The number of nitrogens with one attached hydrogen (secondary N) is 2. The van der Waals surface area contributed by atoms with Crippen LogP contribution in [0.4, 0.5) is 0 Å². The van der Waals surface area contributed by atoms with E-state index in [0.29, 0.717) is 25.1 Å². The van der Waals surface area contributed by atoms with Gasteiger partial charge in [0.2, 0.25) is 0 Å². The van der Waals surface area contributed by atoms with E-state index >= 15 is 0 Å². The monoisotopic (exact) mass is 255 g/mol. The minimum Gasteiger partial charge on any atom is -0.383 e. The molecule has 0 saturated heterocycles. The summed E-state index contributed by atoms with van der Waals surface area (Å²) in [4.78, 5) is 25.2. The van der Waals surface area contributed by atoms with E-state index in [4.69, 9.17) is 4.74 Å². The van der Waals surface area contributed by atoms with E-state index in [9.17, 15) is 9.59 Å². The van der Waals surface area contributed by atoms with Crippen LogP contribution in [-0.2, 0) is 17.7 Å². The fourth-order valence-corrected chi connectivity index (χ4v) is 1.65. The Morgan fingerprint density at radius 1 is 1.39 bits per heavy atom. The van der Waals surface area contributed by atoms with Crippen LogP contribution in [0.5, 0.6) is 0 Å². The van der Waals surface area contributed by atoms with E-state index in [0.717, 1.165) is 19.5 Å². The van der Waals surface area contributed by atoms with E-state index in [-0.39, 0.29) is 11.2 Å². The molecule has 1 aromatic heterocycles. The van der Waals surface area contributed by atoms with Crippen LogP contribution in [0.25, 0.3) is 0 Å². The van der Waals surface area contributed by atoms with Gasteiger partial charge in [-0.25, -0.2) is 4.79 Å². The van der Waals surface area contributed by atoms with Crippen LogP contribution in [0.2, 0.25) is 0 Å². The molecule has 18 heavy (non-hydrogen) atoms. The van der Waals surface area contributed by atoms with Gasteiger partial charge in [0.25, 0.3) is 5.56 Å². The number of ether oxygens (including phenoxy) is 1. The summed E-state index contributed by atoms with van der Waals surface area (Å²) in [6.45, 7) is 4.79. The van der Waals surface area contributed by atoms with Crippen molar-refractivity contribution in [3.8, 4) is 0 Å². The van der Waals surface area contributed by atoms with Gasteiger partial charge in [0.05, 0.1) is 6.61 Å². The van der Waals surface area contributed by atoms with Gasteiger partial charge in [-0.1, -0.05) is 6.92 Å². The summed E-state index contributed by atoms with van der Waals surface area (Å²) in [6, 6.07) is 0. The molecule has 0 aliphatic carbocycles. The van der Waals surface area contributed by atoms with Crippen molar-refractivity contribution in [2.24, 2.45) is 0 Å². The Morgan fingerprint density at radius 2 is 2.17 bits per heavy atom. The summed E-state index contributed by atoms with van der Waals surface area (Å²) in [5.41, 5.74) is 0.0213. The van der Waals surface area contributed by atoms with Gasteiger partial charge in [-0.05, 0) is 19.4 Å². The normalized spacial score (nSPS) is 10.8. The number of aryl methyl sites for hydroxylation is 2. The maximum atomic E-state index is 11.5. The van der Waals surface area contributed by atoms with Crippen LogP contribution in [0, 0.1) is 0 Å². The van der Waals surface area contributed by atoms with Crippen molar-refractivity contribution < 1.29 is 4.74 Å². The summed E-state index contributed by atoms with van der Waals surface area (Å²) >= 11 is 0. The Labute approximate surface area is 106 Å². The summed E-state index contributed by atoms with van der Waals surface area (Å²) in [6.07, 6.45) is 3.11. The first-order valence-electron chi connectivity index (χ1n) is 6.21. The van der Waals surface area contributed by atoms with Crippen molar-refractivity contribution in [3.63, 3.8) is 0 Å². The van der Waals surface area contributed by atoms with Crippen LogP contribution in [0.15, 0.2) is 15.8 Å². The number of aromatic amines is 1. The second-order valence-corrected chi connectivity index (χ2v) is 4.06. The topological polar surface area (TPSA) is 76.1 Å². The molecular formula is C12H21N3O3. The van der Waals surface area contributed by atoms with Crippen LogP contribution in [-0.4, -0.2) is 36.4 Å². The molecule has 0 radical (unpaired) electrons. The second kappa shape index (κ2) is 7.84. The minimum atomic E-state index is -0.339. The lowest BCUT2D eigenvalue weighted by molar-refractivity contribution is 0.199. The van der Waals surface area contributed by atoms with Crippen LogP contribution < -0.4 is 16.6 Å². The molecule has 0 atom stereocenters. The number of hydrogen-bond donors (Lipinski definition) is 2. The summed E-state index contributed by atoms with van der Waals surface area (Å²) in [5.74, 6) is 0. The lowest BCUT2D eigenvalue weighted by Crippen LogP contribution is -2.32. The zero-order chi connectivity index (χ0) is 13.4. The molecule has 1 heterocycles. The van der Waals surface area contributed by atoms with Crippen molar-refractivity contribution >= 4 is 0 Å². The van der Waals surface area contributed by atoms with E-state index < -0.39 is 0 Å². The Hall–Kier alpha value is -1.40. The molecule has 6 heteroatoms. The molecule has 0 aliphatic heterocycles. The standard InChI is InChI=1S/C12H21N3O3/c1-3-10-9-15(12(17)14-11(10)16)7-4-5-13-6-8-18-2/h9,13H,3-8H2,1-2H3,(H,14,16,17). The van der Waals surface area contributed by atoms with Crippen molar-refractivity contribution in [3.05, 3.63) is 32.6 Å². The van der Waals surface area contributed by atoms with Crippen molar-refractivity contribution in [2.75, 3.05) is 26.8 Å². The molecule has 1 rings (SSSR count). The third kappa shape index (κ3) is 4.46. The molecule has 0 spiro atoms. The lowest BCUT2D eigenvalue weighted by Gasteiger charge is -2.07. The van der Waals surface area contributed by atoms with Gasteiger partial charge < -0.3 is 14.6 Å². The van der Waals surface area contributed by atoms with Gasteiger partial charge in [-0.2, -0.15) is 0 Å². The van der Waals surface area contributed by atoms with Gasteiger partial charge in [0.15, 0.2) is 0 Å². The molecule has 2 N–H and O–H groups in total. The Bertz CT molecular complexity index is 464. The van der Waals surface area contributed by atoms with E-state index in [2.05, 4.69) is 10.3 Å². The van der Waals surface area contributed by atoms with Crippen molar-refractivity contribution in [2.45, 2.75) is 26.3 Å². The molecule has 0 aliphatic rings. The van der Waals surface area contributed by atoms with E-state index in [1.807, 2.05) is 6.92 Å². The number of nitrogens with zero attached hydrogens (tertiary/aromatic N) is 1. The number of methoxy groups -OCH3 is 1. The largest absolute Gasteiger partial charge is 0.383 e. The van der Waals surface area contributed by atoms with Gasteiger partial charge in [0.1, 0.15) is 0 Å². The van der Waals surface area contributed by atoms with Gasteiger partial charge in [-0.3, -0.25) is 9.78 Å². The first-order chi connectivity index (χ1) is 8.69. The fourth-order valence-electron chi connectivity index (χ4n) is 1.65. The number of aromatic nitrogens is 2. The molecule has 6 nitrogen and oxygen atoms in total. The average Bonchev–Trinajstić information content (AvgIpc) is 2.36. The molecule has 102 valence electrons. The van der Waals surface area contributed by atoms with E-state index in [1.54, 1.807) is 17.9 Å². The summed E-state index contributed by atoms with van der Waals surface area (Å²) in [5, 5.41) is 3.20. The molecule has 0 fully saturated rings. The predicted molar refractivity (Wildman–Crippen MR) is 70.1 cm³/mol. The highest BCUT2D eigenvalue weighted by atomic mass is 16.5. The maximum absolute atomic E-state index is 11.5. The van der Waals surface area contributed by atoms with Gasteiger partial charge >= 0.3 is 5.69 Å². The van der Waals surface area contributed by atoms with Crippen LogP contribution >= 0.6 is 0 Å². The molecule has 0 saturated carbocycles. The lowest BCUT2D eigenvalue weighted by atomic mass is 10.2. The number of rotatable bonds is 8. The smallest absolute Gasteiger partial charge is 0.328 e. The molecule has 0 unspecified atom stereocenters. The van der Waals surface area contributed by atoms with Crippen molar-refractivity contribution in [1.29, 1.82) is 0 Å². The highest BCUT2D eigenvalue weighted by Crippen LogP contribution is 1.90. The molecular weight excluding hydrogens is 234 g/mol. The molecule has 0 amide bonds. The van der Waals surface area contributed by atoms with Crippen molar-refractivity contribution in [1.82, 2.24) is 14.9 Å². The molecule has 0 aromatic carbocycles. The van der Waals surface area contributed by atoms with Crippen LogP contribution in [0.1, 0.15) is 18.9 Å². The first kappa shape index (κ1) is 14.7. The Morgan fingerprint density at radius 3 is 2.83 bits per heavy atom. The number of H-pyrrole nitrogens is 1. The molecule has 0 bridgehead atoms. The van der Waals surface area contributed by atoms with Gasteiger partial charge in [-0.15, -0.1) is 0 Å². The zero-order valence-corrected chi connectivity index (χ0v) is 11.0. The maximum Gasteiger partial charge on any atom is 0.328 e. The zero-order valence-electron chi connectivity index (χ0n) is 11.0. The third-order valence-electron chi connectivity index (χ3n) is 2.70. The van der Waals surface area contributed by atoms with Crippen LogP contribution in [0.3, 0.4) is 0 Å². The highest BCUT2D eigenvalue weighted by molar-refractivity contribution is 5.03. The first-order valence-corrected chi connectivity index (χ1v) is 6.21. The number of hydrogen-bond acceptors (Lipinski definition) is 4. The summed E-state index contributed by atoms with van der Waals surface area (Å²) < 4.78 is 6.47. The highest BCUT2D eigenvalue weighted by Gasteiger charge is 2.02. The Kier molecular flexibility index (Phi) is 6.38. The average molecular weight is 255 g/mol. The Balaban J connectivity index is 2.47. The minimum absolute atomic E-state index is 0.281.